The smallest absolute Gasteiger partial charge is 0.415 e. The van der Waals surface area contributed by atoms with Gasteiger partial charge in [0.1, 0.15) is 17.4 Å². The molecule has 46 heavy (non-hydrogen) atoms. The second-order valence-corrected chi connectivity index (χ2v) is 12.8. The normalized spacial score (nSPS) is 17.1. The summed E-state index contributed by atoms with van der Waals surface area (Å²) >= 11 is 0. The number of nitrogens with zero attached hydrogens (tertiary/aromatic N) is 3. The Morgan fingerprint density at radius 3 is 2.30 bits per heavy atom. The van der Waals surface area contributed by atoms with Gasteiger partial charge in [-0.2, -0.15) is 0 Å². The number of carbonyl (C=O) groups excluding carboxylic acids is 3. The van der Waals surface area contributed by atoms with Crippen LogP contribution < -0.4 is 9.64 Å². The van der Waals surface area contributed by atoms with Gasteiger partial charge in [0.15, 0.2) is 0 Å². The Labute approximate surface area is 269 Å². The number of amides is 3. The lowest BCUT2D eigenvalue weighted by Crippen LogP contribution is -2.55. The summed E-state index contributed by atoms with van der Waals surface area (Å²) < 4.78 is 11.1. The minimum atomic E-state index is -0.995. The van der Waals surface area contributed by atoms with Crippen molar-refractivity contribution in [2.45, 2.75) is 70.7 Å². The van der Waals surface area contributed by atoms with Gasteiger partial charge in [0.25, 0.3) is 0 Å². The molecule has 10 heteroatoms. The lowest BCUT2D eigenvalue weighted by atomic mass is 9.92. The summed E-state index contributed by atoms with van der Waals surface area (Å²) in [5.41, 5.74) is 3.53. The van der Waals surface area contributed by atoms with Crippen LogP contribution in [0.5, 0.6) is 5.75 Å². The molecule has 2 atom stereocenters. The molecule has 0 aromatic heterocycles. The molecule has 5 rings (SSSR count). The molecule has 0 fully saturated rings. The number of aliphatic carboxylic acids is 1. The molecule has 10 nitrogen and oxygen atoms in total. The van der Waals surface area contributed by atoms with Gasteiger partial charge >= 0.3 is 12.1 Å². The van der Waals surface area contributed by atoms with Crippen LogP contribution in [0.2, 0.25) is 0 Å². The van der Waals surface area contributed by atoms with E-state index in [2.05, 4.69) is 0 Å². The summed E-state index contributed by atoms with van der Waals surface area (Å²) in [6, 6.07) is 21.1. The average molecular weight is 628 g/mol. The maximum absolute atomic E-state index is 14.5. The van der Waals surface area contributed by atoms with Crippen molar-refractivity contribution >= 4 is 29.6 Å². The molecule has 3 aromatic rings. The van der Waals surface area contributed by atoms with Gasteiger partial charge in [-0.15, -0.1) is 0 Å². The molecule has 3 aromatic carbocycles. The molecule has 0 saturated carbocycles. The van der Waals surface area contributed by atoms with Crippen LogP contribution in [0.4, 0.5) is 10.5 Å². The average Bonchev–Trinajstić information content (AvgIpc) is 3.41. The van der Waals surface area contributed by atoms with E-state index in [1.165, 1.54) is 9.80 Å². The highest BCUT2D eigenvalue weighted by molar-refractivity contribution is 6.01. The molecule has 0 spiro atoms. The number of ether oxygens (including phenoxy) is 2. The van der Waals surface area contributed by atoms with Crippen molar-refractivity contribution in [3.05, 3.63) is 95.1 Å². The molecule has 0 aliphatic carbocycles. The van der Waals surface area contributed by atoms with E-state index in [1.54, 1.807) is 38.8 Å². The summed E-state index contributed by atoms with van der Waals surface area (Å²) in [6.45, 7) is 5.49. The molecule has 2 aliphatic rings. The van der Waals surface area contributed by atoms with Crippen LogP contribution in [0.3, 0.4) is 0 Å². The van der Waals surface area contributed by atoms with Crippen LogP contribution in [0.1, 0.15) is 49.4 Å². The van der Waals surface area contributed by atoms with Crippen LogP contribution >= 0.6 is 0 Å². The van der Waals surface area contributed by atoms with Crippen molar-refractivity contribution in [1.82, 2.24) is 9.80 Å². The Morgan fingerprint density at radius 2 is 1.61 bits per heavy atom. The molecule has 242 valence electrons. The van der Waals surface area contributed by atoms with E-state index in [9.17, 15) is 24.3 Å². The SMILES string of the molecule is COc1cccc(CCN(CC(=O)N2Cc3ccccc3C[C@@H]2CC(=O)O)C(=O)[C@H]2Cc3ccccc3N2C(=O)OC(C)(C)C)c1. The Morgan fingerprint density at radius 1 is 0.913 bits per heavy atom. The predicted octanol–water partition coefficient (Wildman–Crippen LogP) is 4.86. The zero-order chi connectivity index (χ0) is 33.0. The monoisotopic (exact) mass is 627 g/mol. The fourth-order valence-corrected chi connectivity index (χ4v) is 6.21. The molecule has 0 radical (unpaired) electrons. The van der Waals surface area contributed by atoms with Crippen molar-refractivity contribution in [3.63, 3.8) is 0 Å². The van der Waals surface area contributed by atoms with Gasteiger partial charge in [0.05, 0.1) is 25.8 Å². The van der Waals surface area contributed by atoms with Gasteiger partial charge in [-0.1, -0.05) is 54.6 Å². The van der Waals surface area contributed by atoms with Crippen LogP contribution in [-0.2, 0) is 44.9 Å². The van der Waals surface area contributed by atoms with Crippen molar-refractivity contribution in [1.29, 1.82) is 0 Å². The summed E-state index contributed by atoms with van der Waals surface area (Å²) in [6.07, 6.45) is 0.281. The van der Waals surface area contributed by atoms with E-state index in [0.29, 0.717) is 24.3 Å². The lowest BCUT2D eigenvalue weighted by Gasteiger charge is -2.38. The largest absolute Gasteiger partial charge is 0.497 e. The molecule has 0 bridgehead atoms. The number of hydrogen-bond donors (Lipinski definition) is 1. The topological polar surface area (TPSA) is 117 Å². The number of para-hydroxylation sites is 1. The number of rotatable bonds is 9. The number of hydrogen-bond acceptors (Lipinski definition) is 6. The highest BCUT2D eigenvalue weighted by Crippen LogP contribution is 2.34. The molecular formula is C36H41N3O7. The van der Waals surface area contributed by atoms with Gasteiger partial charge in [-0.05, 0) is 74.1 Å². The van der Waals surface area contributed by atoms with Gasteiger partial charge < -0.3 is 24.4 Å². The third kappa shape index (κ3) is 7.50. The maximum atomic E-state index is 14.5. The minimum Gasteiger partial charge on any atom is -0.497 e. The third-order valence-electron chi connectivity index (χ3n) is 8.38. The summed E-state index contributed by atoms with van der Waals surface area (Å²) in [7, 11) is 1.58. The van der Waals surface area contributed by atoms with Gasteiger partial charge in [-0.25, -0.2) is 4.79 Å². The van der Waals surface area contributed by atoms with E-state index in [-0.39, 0.29) is 44.3 Å². The summed E-state index contributed by atoms with van der Waals surface area (Å²) in [4.78, 5) is 58.4. The molecule has 2 aliphatic heterocycles. The van der Waals surface area contributed by atoms with Crippen LogP contribution in [0.15, 0.2) is 72.8 Å². The van der Waals surface area contributed by atoms with Crippen LogP contribution in [0, 0.1) is 0 Å². The van der Waals surface area contributed by atoms with Gasteiger partial charge in [0.2, 0.25) is 11.8 Å². The molecular weight excluding hydrogens is 586 g/mol. The predicted molar refractivity (Wildman–Crippen MR) is 173 cm³/mol. The highest BCUT2D eigenvalue weighted by Gasteiger charge is 2.43. The highest BCUT2D eigenvalue weighted by atomic mass is 16.6. The first-order chi connectivity index (χ1) is 21.9. The van der Waals surface area contributed by atoms with E-state index in [0.717, 1.165) is 22.3 Å². The quantitative estimate of drug-likeness (QED) is 0.360. The lowest BCUT2D eigenvalue weighted by molar-refractivity contribution is -0.145. The number of benzene rings is 3. The minimum absolute atomic E-state index is 0.195. The second kappa shape index (κ2) is 13.6. The molecule has 3 amide bonds. The Hall–Kier alpha value is -4.86. The van der Waals surface area contributed by atoms with Gasteiger partial charge in [-0.3, -0.25) is 19.3 Å². The van der Waals surface area contributed by atoms with Crippen molar-refractivity contribution < 1.29 is 33.8 Å². The third-order valence-corrected chi connectivity index (χ3v) is 8.38. The van der Waals surface area contributed by atoms with Gasteiger partial charge in [0, 0.05) is 25.6 Å². The number of fused-ring (bicyclic) bond motifs is 2. The van der Waals surface area contributed by atoms with E-state index in [4.69, 9.17) is 9.47 Å². The van der Waals surface area contributed by atoms with Crippen molar-refractivity contribution in [3.8, 4) is 5.75 Å². The van der Waals surface area contributed by atoms with Crippen molar-refractivity contribution in [2.24, 2.45) is 0 Å². The molecule has 0 saturated heterocycles. The number of carboxylic acid groups (broad SMARTS) is 1. The number of carboxylic acids is 1. The Balaban J connectivity index is 1.45. The fourth-order valence-electron chi connectivity index (χ4n) is 6.21. The van der Waals surface area contributed by atoms with Crippen LogP contribution in [0.25, 0.3) is 0 Å². The first-order valence-corrected chi connectivity index (χ1v) is 15.5. The maximum Gasteiger partial charge on any atom is 0.415 e. The standard InChI is InChI=1S/C36H41N3O7/c1-36(2,3)46-35(44)39-30-15-8-7-12-26(30)20-31(39)34(43)37(17-16-24-10-9-14-29(18-24)45-4)23-32(40)38-22-27-13-6-5-11-25(27)19-28(38)21-33(41)42/h5-15,18,28,31H,16-17,19-23H2,1-4H3,(H,41,42)/t28-,31-/m1/s1. The summed E-state index contributed by atoms with van der Waals surface area (Å²) in [5.74, 6) is -1.05. The first-order valence-electron chi connectivity index (χ1n) is 15.5. The zero-order valence-electron chi connectivity index (χ0n) is 26.8. The Bertz CT molecular complexity index is 1610. The van der Waals surface area contributed by atoms with Crippen LogP contribution in [-0.4, -0.2) is 76.7 Å². The van der Waals surface area contributed by atoms with E-state index >= 15 is 0 Å². The summed E-state index contributed by atoms with van der Waals surface area (Å²) in [5, 5.41) is 9.67. The van der Waals surface area contributed by atoms with E-state index < -0.39 is 29.7 Å². The number of anilines is 1. The molecule has 1 N–H and O–H groups in total. The first kappa shape index (κ1) is 32.5. The Kier molecular flexibility index (Phi) is 9.65. The number of carbonyl (C=O) groups is 4. The second-order valence-electron chi connectivity index (χ2n) is 12.8. The fraction of sp³-hybridized carbons (Fsp3) is 0.389. The number of methoxy groups -OCH3 is 1. The van der Waals surface area contributed by atoms with E-state index in [1.807, 2.05) is 66.7 Å². The molecule has 2 heterocycles. The molecule has 0 unspecified atom stereocenters. The zero-order valence-corrected chi connectivity index (χ0v) is 26.8. The van der Waals surface area contributed by atoms with Crippen molar-refractivity contribution in [2.75, 3.05) is 25.1 Å².